The number of carbonyl (C=O) groups is 2. The van der Waals surface area contributed by atoms with Crippen molar-refractivity contribution in [2.45, 2.75) is 0 Å². The summed E-state index contributed by atoms with van der Waals surface area (Å²) in [6, 6.07) is 25.4. The Hall–Kier alpha value is -4.91. The third-order valence-corrected chi connectivity index (χ3v) is 5.63. The Morgan fingerprint density at radius 3 is 1.53 bits per heavy atom. The van der Waals surface area contributed by atoms with Gasteiger partial charge in [0.2, 0.25) is 5.88 Å². The number of ether oxygens (including phenoxy) is 4. The fourth-order valence-electron chi connectivity index (χ4n) is 3.81. The quantitative estimate of drug-likeness (QED) is 0.256. The summed E-state index contributed by atoms with van der Waals surface area (Å²) in [5, 5.41) is 3.67. The summed E-state index contributed by atoms with van der Waals surface area (Å²) in [5.74, 6) is 1.49. The van der Waals surface area contributed by atoms with Crippen molar-refractivity contribution < 1.29 is 28.5 Å². The van der Waals surface area contributed by atoms with Crippen LogP contribution in [0.25, 0.3) is 21.5 Å². The topological polar surface area (TPSA) is 84.0 Å². The standard InChI is InChI=1S/C29H21NO6/c1-33-28(31)22-5-3-20-15-24(9-7-18(20)13-22)35-26-11-12-27(30-17-26)36-25-10-8-19-14-23(29(32)34-2)6-4-21(19)16-25/h3-17H,1-2H3. The van der Waals surface area contributed by atoms with E-state index in [1.807, 2.05) is 48.5 Å². The van der Waals surface area contributed by atoms with Gasteiger partial charge in [-0.05, 0) is 76.1 Å². The van der Waals surface area contributed by atoms with Crippen molar-refractivity contribution in [2.24, 2.45) is 0 Å². The van der Waals surface area contributed by atoms with E-state index in [9.17, 15) is 9.59 Å². The lowest BCUT2D eigenvalue weighted by atomic mass is 10.1. The molecule has 0 saturated carbocycles. The molecule has 36 heavy (non-hydrogen) atoms. The number of esters is 2. The number of rotatable bonds is 6. The molecule has 0 N–H and O–H groups in total. The number of hydrogen-bond donors (Lipinski definition) is 0. The molecule has 0 amide bonds. The van der Waals surface area contributed by atoms with Crippen LogP contribution < -0.4 is 9.47 Å². The Morgan fingerprint density at radius 2 is 1.03 bits per heavy atom. The number of aromatic nitrogens is 1. The van der Waals surface area contributed by atoms with Gasteiger partial charge in [-0.1, -0.05) is 24.3 Å². The Bertz CT molecular complexity index is 1470. The Labute approximate surface area is 206 Å². The molecular weight excluding hydrogens is 458 g/mol. The molecule has 5 rings (SSSR count). The molecule has 178 valence electrons. The third-order valence-electron chi connectivity index (χ3n) is 5.63. The first-order chi connectivity index (χ1) is 17.5. The number of carbonyl (C=O) groups excluding carboxylic acids is 2. The molecule has 0 bridgehead atoms. The second-order valence-corrected chi connectivity index (χ2v) is 7.97. The number of fused-ring (bicyclic) bond motifs is 2. The Kier molecular flexibility index (Phi) is 6.19. The molecule has 0 saturated heterocycles. The fourth-order valence-corrected chi connectivity index (χ4v) is 3.81. The molecule has 0 fully saturated rings. The fraction of sp³-hybridized carbons (Fsp3) is 0.0690. The normalized spacial score (nSPS) is 10.7. The summed E-state index contributed by atoms with van der Waals surface area (Å²) >= 11 is 0. The number of methoxy groups -OCH3 is 2. The number of benzene rings is 4. The van der Waals surface area contributed by atoms with Crippen LogP contribution in [0, 0.1) is 0 Å². The highest BCUT2D eigenvalue weighted by atomic mass is 16.5. The Balaban J connectivity index is 1.28. The number of pyridine rings is 1. The van der Waals surface area contributed by atoms with Gasteiger partial charge in [-0.25, -0.2) is 14.6 Å². The van der Waals surface area contributed by atoms with Crippen LogP contribution in [-0.2, 0) is 9.47 Å². The molecule has 0 aliphatic heterocycles. The molecule has 7 heteroatoms. The molecule has 5 aromatic rings. The lowest BCUT2D eigenvalue weighted by Gasteiger charge is -2.09. The predicted molar refractivity (Wildman–Crippen MR) is 135 cm³/mol. The SMILES string of the molecule is COC(=O)c1ccc2cc(Oc3ccc(Oc4ccc5cc(C(=O)OC)ccc5c4)nc3)ccc2c1. The van der Waals surface area contributed by atoms with Gasteiger partial charge in [0.25, 0.3) is 0 Å². The average Bonchev–Trinajstić information content (AvgIpc) is 2.92. The van der Waals surface area contributed by atoms with Crippen molar-refractivity contribution in [1.29, 1.82) is 0 Å². The first-order valence-electron chi connectivity index (χ1n) is 11.1. The molecular formula is C29H21NO6. The van der Waals surface area contributed by atoms with E-state index in [-0.39, 0.29) is 11.9 Å². The van der Waals surface area contributed by atoms with Gasteiger partial charge in [0, 0.05) is 6.07 Å². The van der Waals surface area contributed by atoms with Crippen molar-refractivity contribution in [3.8, 4) is 23.1 Å². The zero-order valence-corrected chi connectivity index (χ0v) is 19.6. The second-order valence-electron chi connectivity index (χ2n) is 7.97. The van der Waals surface area contributed by atoms with Crippen LogP contribution in [0.5, 0.6) is 23.1 Å². The Morgan fingerprint density at radius 1 is 0.556 bits per heavy atom. The first kappa shape index (κ1) is 22.9. The third kappa shape index (κ3) is 4.81. The van der Waals surface area contributed by atoms with E-state index in [0.717, 1.165) is 21.5 Å². The maximum atomic E-state index is 11.7. The van der Waals surface area contributed by atoms with E-state index >= 15 is 0 Å². The van der Waals surface area contributed by atoms with E-state index in [1.165, 1.54) is 14.2 Å². The number of hydrogen-bond acceptors (Lipinski definition) is 7. The highest BCUT2D eigenvalue weighted by Gasteiger charge is 2.09. The lowest BCUT2D eigenvalue weighted by molar-refractivity contribution is 0.0592. The summed E-state index contributed by atoms with van der Waals surface area (Å²) in [6.45, 7) is 0. The maximum absolute atomic E-state index is 11.7. The first-order valence-corrected chi connectivity index (χ1v) is 11.1. The van der Waals surface area contributed by atoms with Crippen LogP contribution in [0.3, 0.4) is 0 Å². The summed E-state index contributed by atoms with van der Waals surface area (Å²) in [7, 11) is 2.72. The molecule has 0 unspecified atom stereocenters. The highest BCUT2D eigenvalue weighted by molar-refractivity contribution is 5.96. The van der Waals surface area contributed by atoms with E-state index < -0.39 is 0 Å². The minimum Gasteiger partial charge on any atom is -0.465 e. The highest BCUT2D eigenvalue weighted by Crippen LogP contribution is 2.29. The van der Waals surface area contributed by atoms with Crippen molar-refractivity contribution in [1.82, 2.24) is 4.98 Å². The van der Waals surface area contributed by atoms with Crippen LogP contribution in [0.1, 0.15) is 20.7 Å². The minimum absolute atomic E-state index is 0.373. The zero-order chi connectivity index (χ0) is 25.1. The molecule has 0 atom stereocenters. The van der Waals surface area contributed by atoms with Crippen LogP contribution in [0.2, 0.25) is 0 Å². The van der Waals surface area contributed by atoms with Crippen LogP contribution in [0.15, 0.2) is 91.1 Å². The molecule has 4 aromatic carbocycles. The van der Waals surface area contributed by atoms with Crippen molar-refractivity contribution >= 4 is 33.5 Å². The minimum atomic E-state index is -0.375. The van der Waals surface area contributed by atoms with Gasteiger partial charge in [0.1, 0.15) is 17.2 Å². The molecule has 1 aromatic heterocycles. The lowest BCUT2D eigenvalue weighted by Crippen LogP contribution is -2.00. The van der Waals surface area contributed by atoms with Gasteiger partial charge in [0.15, 0.2) is 0 Å². The van der Waals surface area contributed by atoms with E-state index in [4.69, 9.17) is 18.9 Å². The van der Waals surface area contributed by atoms with Crippen LogP contribution >= 0.6 is 0 Å². The molecule has 0 aliphatic carbocycles. The van der Waals surface area contributed by atoms with Crippen LogP contribution in [0.4, 0.5) is 0 Å². The van der Waals surface area contributed by atoms with Crippen molar-refractivity contribution in [3.63, 3.8) is 0 Å². The van der Waals surface area contributed by atoms with E-state index in [2.05, 4.69) is 4.98 Å². The van der Waals surface area contributed by atoms with E-state index in [0.29, 0.717) is 34.3 Å². The monoisotopic (exact) mass is 479 g/mol. The summed E-state index contributed by atoms with van der Waals surface area (Å²) in [6.07, 6.45) is 1.59. The zero-order valence-electron chi connectivity index (χ0n) is 19.6. The molecule has 7 nitrogen and oxygen atoms in total. The number of nitrogens with zero attached hydrogens (tertiary/aromatic N) is 1. The molecule has 1 heterocycles. The average molecular weight is 479 g/mol. The summed E-state index contributed by atoms with van der Waals surface area (Å²) in [5.41, 5.74) is 0.990. The van der Waals surface area contributed by atoms with Gasteiger partial charge in [-0.3, -0.25) is 0 Å². The van der Waals surface area contributed by atoms with Gasteiger partial charge in [-0.2, -0.15) is 0 Å². The predicted octanol–water partition coefficient (Wildman–Crippen LogP) is 6.55. The summed E-state index contributed by atoms with van der Waals surface area (Å²) < 4.78 is 21.4. The smallest absolute Gasteiger partial charge is 0.337 e. The second kappa shape index (κ2) is 9.76. The molecule has 0 aliphatic rings. The van der Waals surface area contributed by atoms with Crippen molar-refractivity contribution in [3.05, 3.63) is 102 Å². The van der Waals surface area contributed by atoms with Crippen LogP contribution in [-0.4, -0.2) is 31.1 Å². The van der Waals surface area contributed by atoms with Gasteiger partial charge in [0.05, 0.1) is 31.5 Å². The van der Waals surface area contributed by atoms with Gasteiger partial charge in [-0.15, -0.1) is 0 Å². The summed E-state index contributed by atoms with van der Waals surface area (Å²) in [4.78, 5) is 27.8. The van der Waals surface area contributed by atoms with Crippen molar-refractivity contribution in [2.75, 3.05) is 14.2 Å². The maximum Gasteiger partial charge on any atom is 0.337 e. The molecule has 0 radical (unpaired) electrons. The largest absolute Gasteiger partial charge is 0.465 e. The molecule has 0 spiro atoms. The van der Waals surface area contributed by atoms with E-state index in [1.54, 1.807) is 42.6 Å². The van der Waals surface area contributed by atoms with Gasteiger partial charge >= 0.3 is 11.9 Å². The van der Waals surface area contributed by atoms with Gasteiger partial charge < -0.3 is 18.9 Å².